The summed E-state index contributed by atoms with van der Waals surface area (Å²) >= 11 is 0. The summed E-state index contributed by atoms with van der Waals surface area (Å²) in [5, 5.41) is 4.98. The van der Waals surface area contributed by atoms with Crippen LogP contribution in [0.1, 0.15) is 38.5 Å². The largest absolute Gasteiger partial charge is 0.342 e. The van der Waals surface area contributed by atoms with Crippen molar-refractivity contribution in [3.8, 4) is 0 Å². The average molecular weight is 294 g/mol. The Morgan fingerprint density at radius 2 is 1.86 bits per heavy atom. The lowest BCUT2D eigenvalue weighted by molar-refractivity contribution is -0.139. The van der Waals surface area contributed by atoms with E-state index in [0.29, 0.717) is 38.9 Å². The van der Waals surface area contributed by atoms with Crippen molar-refractivity contribution in [3.63, 3.8) is 0 Å². The second kappa shape index (κ2) is 4.98. The van der Waals surface area contributed by atoms with Gasteiger partial charge in [-0.1, -0.05) is 6.42 Å². The molecule has 1 saturated carbocycles. The van der Waals surface area contributed by atoms with Crippen LogP contribution in [0.15, 0.2) is 0 Å². The normalized spacial score (nSPS) is 26.2. The molecule has 3 aliphatic rings. The molecule has 3 fully saturated rings. The predicted molar refractivity (Wildman–Crippen MR) is 75.2 cm³/mol. The number of rotatable bonds is 3. The van der Waals surface area contributed by atoms with Crippen LogP contribution in [0.3, 0.4) is 0 Å². The van der Waals surface area contributed by atoms with E-state index in [-0.39, 0.29) is 17.2 Å². The van der Waals surface area contributed by atoms with E-state index in [2.05, 4.69) is 10.6 Å². The summed E-state index contributed by atoms with van der Waals surface area (Å²) in [6.45, 7) is 1.58. The fraction of sp³-hybridized carbons (Fsp3) is 0.786. The Hall–Kier alpha value is -1.63. The number of hydrogen-bond acceptors (Lipinski definition) is 4. The van der Waals surface area contributed by atoms with Gasteiger partial charge in [-0.25, -0.2) is 4.79 Å². The lowest BCUT2D eigenvalue weighted by Gasteiger charge is -2.43. The second-order valence-corrected chi connectivity index (χ2v) is 6.61. The van der Waals surface area contributed by atoms with Gasteiger partial charge in [0.15, 0.2) is 0 Å². The van der Waals surface area contributed by atoms with E-state index in [1.165, 1.54) is 0 Å². The van der Waals surface area contributed by atoms with Crippen LogP contribution in [-0.2, 0) is 9.59 Å². The first-order valence-corrected chi connectivity index (χ1v) is 7.60. The number of nitrogens with zero attached hydrogens (tertiary/aromatic N) is 1. The SMILES string of the molecule is NCC1(CC(=O)N2CCC3(CC2)NC(=O)NC3=O)CCC1. The molecule has 2 aliphatic heterocycles. The fourth-order valence-electron chi connectivity index (χ4n) is 3.58. The molecule has 116 valence electrons. The number of urea groups is 1. The van der Waals surface area contributed by atoms with Gasteiger partial charge in [0.2, 0.25) is 5.91 Å². The molecule has 21 heavy (non-hydrogen) atoms. The number of imide groups is 1. The van der Waals surface area contributed by atoms with Gasteiger partial charge in [0, 0.05) is 19.5 Å². The molecule has 1 aliphatic carbocycles. The van der Waals surface area contributed by atoms with Crippen LogP contribution in [-0.4, -0.2) is 47.9 Å². The standard InChI is InChI=1S/C14H22N4O3/c15-9-13(2-1-3-13)8-10(19)18-6-4-14(5-7-18)11(20)16-12(21)17-14/h1-9,15H2,(H2,16,17,20,21). The van der Waals surface area contributed by atoms with Crippen LogP contribution in [0.25, 0.3) is 0 Å². The topological polar surface area (TPSA) is 105 Å². The Morgan fingerprint density at radius 3 is 2.29 bits per heavy atom. The zero-order valence-corrected chi connectivity index (χ0v) is 12.1. The minimum atomic E-state index is -0.810. The first-order chi connectivity index (χ1) is 9.99. The van der Waals surface area contributed by atoms with Crippen molar-refractivity contribution < 1.29 is 14.4 Å². The number of likely N-dealkylation sites (tertiary alicyclic amines) is 1. The van der Waals surface area contributed by atoms with Crippen LogP contribution in [0.4, 0.5) is 4.79 Å². The number of amides is 4. The molecule has 0 aromatic rings. The van der Waals surface area contributed by atoms with Crippen molar-refractivity contribution in [2.75, 3.05) is 19.6 Å². The van der Waals surface area contributed by atoms with Gasteiger partial charge in [-0.05, 0) is 37.6 Å². The van der Waals surface area contributed by atoms with Crippen LogP contribution >= 0.6 is 0 Å². The molecule has 0 unspecified atom stereocenters. The summed E-state index contributed by atoms with van der Waals surface area (Å²) in [5.41, 5.74) is 5.00. The predicted octanol–water partition coefficient (Wildman–Crippen LogP) is -0.294. The third-order valence-corrected chi connectivity index (χ3v) is 5.36. The highest BCUT2D eigenvalue weighted by Crippen LogP contribution is 2.43. The van der Waals surface area contributed by atoms with Gasteiger partial charge in [0.25, 0.3) is 5.91 Å². The molecular formula is C14H22N4O3. The molecule has 0 radical (unpaired) electrons. The number of hydrogen-bond donors (Lipinski definition) is 3. The molecule has 7 heteroatoms. The minimum Gasteiger partial charge on any atom is -0.342 e. The van der Waals surface area contributed by atoms with Crippen LogP contribution in [0, 0.1) is 5.41 Å². The maximum absolute atomic E-state index is 12.4. The Bertz CT molecular complexity index is 473. The molecule has 1 spiro atoms. The third kappa shape index (κ3) is 2.39. The summed E-state index contributed by atoms with van der Waals surface area (Å²) in [4.78, 5) is 37.3. The summed E-state index contributed by atoms with van der Waals surface area (Å²) in [6, 6.07) is -0.434. The van der Waals surface area contributed by atoms with Crippen molar-refractivity contribution in [2.45, 2.75) is 44.1 Å². The van der Waals surface area contributed by atoms with Gasteiger partial charge in [-0.3, -0.25) is 14.9 Å². The molecule has 0 aromatic heterocycles. The van der Waals surface area contributed by atoms with E-state index in [0.717, 1.165) is 19.3 Å². The van der Waals surface area contributed by atoms with Crippen molar-refractivity contribution in [1.29, 1.82) is 0 Å². The number of nitrogens with two attached hydrogens (primary N) is 1. The van der Waals surface area contributed by atoms with Gasteiger partial charge in [-0.15, -0.1) is 0 Å². The molecule has 2 heterocycles. The smallest absolute Gasteiger partial charge is 0.322 e. The molecule has 3 rings (SSSR count). The van der Waals surface area contributed by atoms with Crippen LogP contribution in [0.5, 0.6) is 0 Å². The third-order valence-electron chi connectivity index (χ3n) is 5.36. The zero-order chi connectivity index (χ0) is 15.1. The molecule has 4 amide bonds. The molecule has 4 N–H and O–H groups in total. The van der Waals surface area contributed by atoms with Crippen molar-refractivity contribution in [1.82, 2.24) is 15.5 Å². The van der Waals surface area contributed by atoms with Gasteiger partial charge in [0.1, 0.15) is 5.54 Å². The Kier molecular flexibility index (Phi) is 3.39. The van der Waals surface area contributed by atoms with Gasteiger partial charge in [0.05, 0.1) is 0 Å². The summed E-state index contributed by atoms with van der Waals surface area (Å²) in [7, 11) is 0. The van der Waals surface area contributed by atoms with Gasteiger partial charge >= 0.3 is 6.03 Å². The first-order valence-electron chi connectivity index (χ1n) is 7.60. The first kappa shape index (κ1) is 14.3. The van der Waals surface area contributed by atoms with Crippen molar-refractivity contribution in [3.05, 3.63) is 0 Å². The van der Waals surface area contributed by atoms with Gasteiger partial charge in [-0.2, -0.15) is 0 Å². The number of carbonyl (C=O) groups is 3. The lowest BCUT2D eigenvalue weighted by atomic mass is 9.66. The van der Waals surface area contributed by atoms with Gasteiger partial charge < -0.3 is 16.0 Å². The maximum Gasteiger partial charge on any atom is 0.322 e. The highest BCUT2D eigenvalue weighted by molar-refractivity contribution is 6.07. The quantitative estimate of drug-likeness (QED) is 0.622. The minimum absolute atomic E-state index is 0.00513. The summed E-state index contributed by atoms with van der Waals surface area (Å²) < 4.78 is 0. The van der Waals surface area contributed by atoms with Crippen LogP contribution in [0.2, 0.25) is 0 Å². The highest BCUT2D eigenvalue weighted by atomic mass is 16.2. The summed E-state index contributed by atoms with van der Waals surface area (Å²) in [6.07, 6.45) is 4.68. The van der Waals surface area contributed by atoms with E-state index >= 15 is 0 Å². The van der Waals surface area contributed by atoms with E-state index in [1.54, 1.807) is 4.90 Å². The Morgan fingerprint density at radius 1 is 1.19 bits per heavy atom. The maximum atomic E-state index is 12.4. The van der Waals surface area contributed by atoms with Crippen molar-refractivity contribution in [2.24, 2.45) is 11.1 Å². The second-order valence-electron chi connectivity index (χ2n) is 6.61. The molecule has 7 nitrogen and oxygen atoms in total. The molecule has 2 saturated heterocycles. The zero-order valence-electron chi connectivity index (χ0n) is 12.1. The van der Waals surface area contributed by atoms with E-state index in [1.807, 2.05) is 0 Å². The monoisotopic (exact) mass is 294 g/mol. The molecular weight excluding hydrogens is 272 g/mol. The van der Waals surface area contributed by atoms with E-state index in [9.17, 15) is 14.4 Å². The number of piperidine rings is 1. The fourth-order valence-corrected chi connectivity index (χ4v) is 3.58. The van der Waals surface area contributed by atoms with Crippen molar-refractivity contribution >= 4 is 17.8 Å². The number of nitrogens with one attached hydrogen (secondary N) is 2. The van der Waals surface area contributed by atoms with E-state index < -0.39 is 11.6 Å². The van der Waals surface area contributed by atoms with E-state index in [4.69, 9.17) is 5.73 Å². The lowest BCUT2D eigenvalue weighted by Crippen LogP contribution is -2.56. The molecule has 0 atom stereocenters. The Labute approximate surface area is 123 Å². The Balaban J connectivity index is 1.57. The summed E-state index contributed by atoms with van der Waals surface area (Å²) in [5.74, 6) is -0.142. The average Bonchev–Trinajstić information content (AvgIpc) is 2.69. The molecule has 0 bridgehead atoms. The highest BCUT2D eigenvalue weighted by Gasteiger charge is 2.49. The molecule has 0 aromatic carbocycles. The van der Waals surface area contributed by atoms with Crippen LogP contribution < -0.4 is 16.4 Å². The number of carbonyl (C=O) groups excluding carboxylic acids is 3.